The lowest BCUT2D eigenvalue weighted by molar-refractivity contribution is 0.0234. The summed E-state index contributed by atoms with van der Waals surface area (Å²) in [5.74, 6) is 0.0599. The first kappa shape index (κ1) is 15.7. The molecule has 2 N–H and O–H groups in total. The summed E-state index contributed by atoms with van der Waals surface area (Å²) in [7, 11) is 0. The van der Waals surface area contributed by atoms with E-state index in [0.29, 0.717) is 6.04 Å². The summed E-state index contributed by atoms with van der Waals surface area (Å²) in [5.41, 5.74) is 0.897. The average molecular weight is 283 g/mol. The van der Waals surface area contributed by atoms with Gasteiger partial charge in [-0.25, -0.2) is 0 Å². The summed E-state index contributed by atoms with van der Waals surface area (Å²) in [4.78, 5) is 0. The van der Waals surface area contributed by atoms with Crippen LogP contribution in [0.3, 0.4) is 0 Å². The van der Waals surface area contributed by atoms with Crippen LogP contribution in [-0.4, -0.2) is 17.7 Å². The van der Waals surface area contributed by atoms with Crippen molar-refractivity contribution in [2.75, 3.05) is 6.54 Å². The van der Waals surface area contributed by atoms with Gasteiger partial charge < -0.3 is 10.4 Å². The van der Waals surface area contributed by atoms with Gasteiger partial charge in [0, 0.05) is 18.5 Å². The zero-order valence-corrected chi connectivity index (χ0v) is 13.1. The molecule has 0 radical (unpaired) electrons. The van der Waals surface area contributed by atoms with E-state index in [4.69, 9.17) is 0 Å². The Bertz CT molecular complexity index is 497. The Labute approximate surface area is 127 Å². The molecule has 0 amide bonds. The van der Waals surface area contributed by atoms with E-state index in [1.165, 1.54) is 0 Å². The van der Waals surface area contributed by atoms with Crippen molar-refractivity contribution < 1.29 is 5.11 Å². The second-order valence-corrected chi connectivity index (χ2v) is 5.96. The van der Waals surface area contributed by atoms with Gasteiger partial charge in [-0.15, -0.1) is 0 Å². The fourth-order valence-electron chi connectivity index (χ4n) is 2.68. The molecule has 2 aromatic carbocycles. The minimum atomic E-state index is -0.982. The van der Waals surface area contributed by atoms with Gasteiger partial charge in [0.05, 0.1) is 0 Å². The monoisotopic (exact) mass is 283 g/mol. The molecule has 0 aliphatic heterocycles. The molecule has 2 aromatic rings. The van der Waals surface area contributed by atoms with Crippen LogP contribution in [0.25, 0.3) is 0 Å². The van der Waals surface area contributed by atoms with E-state index in [1.807, 2.05) is 60.7 Å². The van der Waals surface area contributed by atoms with E-state index in [0.717, 1.165) is 17.7 Å². The van der Waals surface area contributed by atoms with E-state index in [1.54, 1.807) is 0 Å². The lowest BCUT2D eigenvalue weighted by Gasteiger charge is -2.36. The number of hydrogen-bond acceptors (Lipinski definition) is 2. The first-order chi connectivity index (χ1) is 10.0. The minimum Gasteiger partial charge on any atom is -0.380 e. The molecule has 0 fully saturated rings. The lowest BCUT2D eigenvalue weighted by atomic mass is 9.77. The Kier molecular flexibility index (Phi) is 5.16. The third-order valence-corrected chi connectivity index (χ3v) is 3.97. The van der Waals surface area contributed by atoms with E-state index in [-0.39, 0.29) is 5.92 Å². The predicted octanol–water partition coefficient (Wildman–Crippen LogP) is 3.56. The molecule has 0 aliphatic carbocycles. The predicted molar refractivity (Wildman–Crippen MR) is 88.2 cm³/mol. The van der Waals surface area contributed by atoms with Crippen molar-refractivity contribution in [2.45, 2.75) is 32.4 Å². The highest BCUT2D eigenvalue weighted by atomic mass is 16.3. The van der Waals surface area contributed by atoms with Gasteiger partial charge in [-0.2, -0.15) is 0 Å². The summed E-state index contributed by atoms with van der Waals surface area (Å²) < 4.78 is 0. The van der Waals surface area contributed by atoms with E-state index in [9.17, 15) is 5.11 Å². The van der Waals surface area contributed by atoms with Crippen LogP contribution in [-0.2, 0) is 5.60 Å². The number of hydrogen-bond donors (Lipinski definition) is 2. The van der Waals surface area contributed by atoms with Gasteiger partial charge in [0.1, 0.15) is 5.60 Å². The fraction of sp³-hybridized carbons (Fsp3) is 0.368. The lowest BCUT2D eigenvalue weighted by Crippen LogP contribution is -2.41. The largest absolute Gasteiger partial charge is 0.380 e. The molecule has 21 heavy (non-hydrogen) atoms. The van der Waals surface area contributed by atoms with Crippen molar-refractivity contribution >= 4 is 0 Å². The zero-order valence-electron chi connectivity index (χ0n) is 13.1. The molecular weight excluding hydrogens is 258 g/mol. The van der Waals surface area contributed by atoms with E-state index in [2.05, 4.69) is 26.1 Å². The molecule has 0 unspecified atom stereocenters. The van der Waals surface area contributed by atoms with Crippen molar-refractivity contribution in [1.82, 2.24) is 5.32 Å². The van der Waals surface area contributed by atoms with Crippen LogP contribution in [0.2, 0.25) is 0 Å². The first-order valence-corrected chi connectivity index (χ1v) is 7.62. The minimum absolute atomic E-state index is 0.0599. The SMILES string of the molecule is CC(C)NC[C@@H](C)C(O)(c1ccccc1)c1ccccc1. The summed E-state index contributed by atoms with van der Waals surface area (Å²) in [6.45, 7) is 7.10. The topological polar surface area (TPSA) is 32.3 Å². The van der Waals surface area contributed by atoms with Crippen molar-refractivity contribution in [3.63, 3.8) is 0 Å². The van der Waals surface area contributed by atoms with E-state index >= 15 is 0 Å². The standard InChI is InChI=1S/C19H25NO/c1-15(2)20-14-16(3)19(21,17-10-6-4-7-11-17)18-12-8-5-9-13-18/h4-13,15-16,20-21H,14H2,1-3H3/t16-/m1/s1. The fourth-order valence-corrected chi connectivity index (χ4v) is 2.68. The third-order valence-electron chi connectivity index (χ3n) is 3.97. The molecule has 0 spiro atoms. The highest BCUT2D eigenvalue weighted by molar-refractivity contribution is 5.36. The van der Waals surface area contributed by atoms with Crippen molar-refractivity contribution in [3.05, 3.63) is 71.8 Å². The molecule has 2 nitrogen and oxygen atoms in total. The normalized spacial score (nSPS) is 13.4. The van der Waals surface area contributed by atoms with Crippen molar-refractivity contribution in [2.24, 2.45) is 5.92 Å². The summed E-state index contributed by atoms with van der Waals surface area (Å²) >= 11 is 0. The number of benzene rings is 2. The Morgan fingerprint density at radius 3 is 1.67 bits per heavy atom. The highest BCUT2D eigenvalue weighted by Crippen LogP contribution is 2.36. The maximum Gasteiger partial charge on any atom is 0.118 e. The van der Waals surface area contributed by atoms with Gasteiger partial charge in [-0.3, -0.25) is 0 Å². The second kappa shape index (κ2) is 6.88. The molecule has 0 bridgehead atoms. The van der Waals surface area contributed by atoms with Crippen molar-refractivity contribution in [3.8, 4) is 0 Å². The number of aliphatic hydroxyl groups is 1. The zero-order chi connectivity index (χ0) is 15.3. The smallest absolute Gasteiger partial charge is 0.118 e. The number of nitrogens with one attached hydrogen (secondary N) is 1. The van der Waals surface area contributed by atoms with Gasteiger partial charge in [0.2, 0.25) is 0 Å². The maximum atomic E-state index is 11.5. The van der Waals surface area contributed by atoms with Crippen LogP contribution >= 0.6 is 0 Å². The first-order valence-electron chi connectivity index (χ1n) is 7.62. The molecule has 2 heteroatoms. The van der Waals surface area contributed by atoms with Gasteiger partial charge in [0.25, 0.3) is 0 Å². The summed E-state index contributed by atoms with van der Waals surface area (Å²) in [6, 6.07) is 20.3. The Balaban J connectivity index is 2.40. The molecule has 0 saturated heterocycles. The third kappa shape index (κ3) is 3.52. The number of rotatable bonds is 6. The Morgan fingerprint density at radius 1 is 0.857 bits per heavy atom. The molecule has 2 rings (SSSR count). The van der Waals surface area contributed by atoms with E-state index < -0.39 is 5.60 Å². The van der Waals surface area contributed by atoms with Crippen LogP contribution in [0.4, 0.5) is 0 Å². The quantitative estimate of drug-likeness (QED) is 0.849. The maximum absolute atomic E-state index is 11.5. The summed E-state index contributed by atoms with van der Waals surface area (Å²) in [6.07, 6.45) is 0. The van der Waals surface area contributed by atoms with Crippen molar-refractivity contribution in [1.29, 1.82) is 0 Å². The summed E-state index contributed by atoms with van der Waals surface area (Å²) in [5, 5.41) is 14.9. The van der Waals surface area contributed by atoms with Crippen LogP contribution in [0.1, 0.15) is 31.9 Å². The molecule has 0 aliphatic rings. The molecule has 1 atom stereocenters. The molecule has 112 valence electrons. The van der Waals surface area contributed by atoms with Crippen LogP contribution < -0.4 is 5.32 Å². The van der Waals surface area contributed by atoms with Gasteiger partial charge in [-0.05, 0) is 11.1 Å². The molecular formula is C19H25NO. The average Bonchev–Trinajstić information content (AvgIpc) is 2.53. The van der Waals surface area contributed by atoms with Crippen LogP contribution in [0.15, 0.2) is 60.7 Å². The molecule has 0 aromatic heterocycles. The molecule has 0 saturated carbocycles. The second-order valence-electron chi connectivity index (χ2n) is 5.96. The Hall–Kier alpha value is -1.64. The highest BCUT2D eigenvalue weighted by Gasteiger charge is 2.37. The van der Waals surface area contributed by atoms with Crippen LogP contribution in [0, 0.1) is 5.92 Å². The molecule has 0 heterocycles. The van der Waals surface area contributed by atoms with Gasteiger partial charge >= 0.3 is 0 Å². The van der Waals surface area contributed by atoms with Gasteiger partial charge in [0.15, 0.2) is 0 Å². The Morgan fingerprint density at radius 2 is 1.29 bits per heavy atom. The van der Waals surface area contributed by atoms with Crippen LogP contribution in [0.5, 0.6) is 0 Å². The van der Waals surface area contributed by atoms with Gasteiger partial charge in [-0.1, -0.05) is 81.4 Å².